The fourth-order valence-corrected chi connectivity index (χ4v) is 3.05. The highest BCUT2D eigenvalue weighted by molar-refractivity contribution is 6.16. The third-order valence-corrected chi connectivity index (χ3v) is 4.38. The van der Waals surface area contributed by atoms with Crippen LogP contribution in [0.15, 0.2) is 52.1 Å². The lowest BCUT2D eigenvalue weighted by Gasteiger charge is -2.25. The zero-order chi connectivity index (χ0) is 19.0. The van der Waals surface area contributed by atoms with Gasteiger partial charge in [-0.05, 0) is 43.3 Å². The van der Waals surface area contributed by atoms with Crippen molar-refractivity contribution in [3.63, 3.8) is 0 Å². The van der Waals surface area contributed by atoms with Gasteiger partial charge >= 0.3 is 0 Å². The van der Waals surface area contributed by atoms with Crippen molar-refractivity contribution >= 4 is 17.4 Å². The number of furan rings is 1. The molecule has 1 N–H and O–H groups in total. The topological polar surface area (TPSA) is 80.0 Å². The number of anilines is 1. The Morgan fingerprint density at radius 1 is 1.19 bits per heavy atom. The highest BCUT2D eigenvalue weighted by Gasteiger charge is 2.46. The number of ketones is 1. The summed E-state index contributed by atoms with van der Waals surface area (Å²) in [5, 5.41) is 10.4. The van der Waals surface area contributed by atoms with Gasteiger partial charge in [-0.2, -0.15) is 0 Å². The predicted octanol–water partition coefficient (Wildman–Crippen LogP) is 3.72. The van der Waals surface area contributed by atoms with Crippen LogP contribution < -0.4 is 9.64 Å². The maximum Gasteiger partial charge on any atom is 0.294 e. The minimum Gasteiger partial charge on any atom is -0.503 e. The summed E-state index contributed by atoms with van der Waals surface area (Å²) in [5.74, 6) is -0.0805. The number of methoxy groups -OCH3 is 1. The number of nitrogens with zero attached hydrogens (tertiary/aromatic N) is 1. The van der Waals surface area contributed by atoms with Gasteiger partial charge < -0.3 is 14.3 Å². The molecule has 2 heterocycles. The van der Waals surface area contributed by atoms with Crippen LogP contribution in [-0.4, -0.2) is 23.9 Å². The number of hydrogen-bond acceptors (Lipinski definition) is 5. The summed E-state index contributed by atoms with van der Waals surface area (Å²) < 4.78 is 10.9. The van der Waals surface area contributed by atoms with E-state index in [1.807, 2.05) is 0 Å². The molecule has 0 aliphatic carbocycles. The first-order valence-corrected chi connectivity index (χ1v) is 8.36. The molecule has 6 nitrogen and oxygen atoms in total. The number of benzene rings is 1. The molecule has 3 rings (SSSR count). The van der Waals surface area contributed by atoms with Crippen molar-refractivity contribution in [3.05, 3.63) is 59.3 Å². The summed E-state index contributed by atoms with van der Waals surface area (Å²) in [4.78, 5) is 26.9. The third-order valence-electron chi connectivity index (χ3n) is 4.38. The lowest BCUT2D eigenvalue weighted by Crippen LogP contribution is -2.31. The fraction of sp³-hybridized carbons (Fsp3) is 0.300. The number of aryl methyl sites for hydroxylation is 1. The van der Waals surface area contributed by atoms with Crippen LogP contribution in [0.25, 0.3) is 0 Å². The number of carbonyl (C=O) groups is 2. The van der Waals surface area contributed by atoms with Crippen molar-refractivity contribution in [3.8, 4) is 5.75 Å². The number of rotatable bonds is 5. The van der Waals surface area contributed by atoms with Gasteiger partial charge in [-0.1, -0.05) is 13.8 Å². The van der Waals surface area contributed by atoms with E-state index < -0.39 is 17.7 Å². The quantitative estimate of drug-likeness (QED) is 0.884. The van der Waals surface area contributed by atoms with E-state index in [9.17, 15) is 14.7 Å². The second-order valence-corrected chi connectivity index (χ2v) is 6.51. The Morgan fingerprint density at radius 2 is 1.85 bits per heavy atom. The molecule has 136 valence electrons. The van der Waals surface area contributed by atoms with E-state index in [-0.39, 0.29) is 17.3 Å². The van der Waals surface area contributed by atoms with Crippen molar-refractivity contribution in [2.45, 2.75) is 26.8 Å². The van der Waals surface area contributed by atoms with Gasteiger partial charge in [0.15, 0.2) is 11.5 Å². The van der Waals surface area contributed by atoms with Gasteiger partial charge in [0, 0.05) is 11.6 Å². The summed E-state index contributed by atoms with van der Waals surface area (Å²) in [6, 6.07) is 9.51. The van der Waals surface area contributed by atoms with Crippen molar-refractivity contribution in [1.29, 1.82) is 0 Å². The first-order chi connectivity index (χ1) is 12.3. The molecular weight excluding hydrogens is 334 g/mol. The van der Waals surface area contributed by atoms with Crippen LogP contribution in [0.3, 0.4) is 0 Å². The normalized spacial score (nSPS) is 17.3. The van der Waals surface area contributed by atoms with Gasteiger partial charge in [0.1, 0.15) is 23.3 Å². The molecule has 1 unspecified atom stereocenters. The molecule has 0 fully saturated rings. The Labute approximate surface area is 151 Å². The molecule has 6 heteroatoms. The maximum absolute atomic E-state index is 12.8. The summed E-state index contributed by atoms with van der Waals surface area (Å²) in [6.45, 7) is 5.24. The Balaban J connectivity index is 2.13. The highest BCUT2D eigenvalue weighted by atomic mass is 16.5. The van der Waals surface area contributed by atoms with Crippen LogP contribution in [0.2, 0.25) is 0 Å². The summed E-state index contributed by atoms with van der Waals surface area (Å²) in [6.07, 6.45) is 0. The summed E-state index contributed by atoms with van der Waals surface area (Å²) >= 11 is 0. The minimum absolute atomic E-state index is 0.0650. The monoisotopic (exact) mass is 355 g/mol. The van der Waals surface area contributed by atoms with Gasteiger partial charge in [0.05, 0.1) is 12.7 Å². The van der Waals surface area contributed by atoms with Crippen LogP contribution in [-0.2, 0) is 9.59 Å². The molecule has 1 aliphatic heterocycles. The average molecular weight is 355 g/mol. The van der Waals surface area contributed by atoms with Gasteiger partial charge in [0.25, 0.3) is 5.91 Å². The molecule has 1 aliphatic rings. The van der Waals surface area contributed by atoms with Crippen molar-refractivity contribution in [1.82, 2.24) is 0 Å². The van der Waals surface area contributed by atoms with E-state index in [1.54, 1.807) is 64.3 Å². The summed E-state index contributed by atoms with van der Waals surface area (Å²) in [5.41, 5.74) is 0.600. The molecular formula is C20H21NO5. The van der Waals surface area contributed by atoms with Crippen LogP contribution in [0.5, 0.6) is 5.75 Å². The molecule has 1 aromatic carbocycles. The van der Waals surface area contributed by atoms with E-state index in [0.717, 1.165) is 0 Å². The Morgan fingerprint density at radius 3 is 2.35 bits per heavy atom. The number of ether oxygens (including phenoxy) is 1. The smallest absolute Gasteiger partial charge is 0.294 e. The molecule has 0 saturated carbocycles. The van der Waals surface area contributed by atoms with Crippen LogP contribution in [0, 0.1) is 12.8 Å². The van der Waals surface area contributed by atoms with Crippen molar-refractivity contribution in [2.24, 2.45) is 5.92 Å². The lowest BCUT2D eigenvalue weighted by molar-refractivity contribution is -0.119. The lowest BCUT2D eigenvalue weighted by atomic mass is 9.94. The zero-order valence-corrected chi connectivity index (χ0v) is 15.1. The molecule has 0 spiro atoms. The van der Waals surface area contributed by atoms with Gasteiger partial charge in [-0.3, -0.25) is 14.5 Å². The standard InChI is InChI=1S/C20H21NO5/c1-11(2)18(22)16-17(15-10-5-12(3)26-15)21(20(24)19(16)23)13-6-8-14(25-4)9-7-13/h5-11,17,23H,1-4H3. The number of amides is 1. The van der Waals surface area contributed by atoms with Crippen LogP contribution in [0.1, 0.15) is 31.4 Å². The number of aliphatic hydroxyl groups excluding tert-OH is 1. The Hall–Kier alpha value is -3.02. The second-order valence-electron chi connectivity index (χ2n) is 6.51. The van der Waals surface area contributed by atoms with E-state index in [4.69, 9.17) is 9.15 Å². The SMILES string of the molecule is COc1ccc(N2C(=O)C(O)=C(C(=O)C(C)C)C2c2ccc(C)o2)cc1. The van der Waals surface area contributed by atoms with E-state index in [0.29, 0.717) is 23.0 Å². The van der Waals surface area contributed by atoms with E-state index in [2.05, 4.69) is 0 Å². The highest BCUT2D eigenvalue weighted by Crippen LogP contribution is 2.42. The Kier molecular flexibility index (Phi) is 4.59. The van der Waals surface area contributed by atoms with Gasteiger partial charge in [0.2, 0.25) is 0 Å². The number of aliphatic hydroxyl groups is 1. The minimum atomic E-state index is -0.806. The van der Waals surface area contributed by atoms with Gasteiger partial charge in [-0.15, -0.1) is 0 Å². The molecule has 1 aromatic heterocycles. The maximum atomic E-state index is 12.8. The van der Waals surface area contributed by atoms with Crippen molar-refractivity contribution in [2.75, 3.05) is 12.0 Å². The number of hydrogen-bond donors (Lipinski definition) is 1. The van der Waals surface area contributed by atoms with E-state index in [1.165, 1.54) is 4.90 Å². The summed E-state index contributed by atoms with van der Waals surface area (Å²) in [7, 11) is 1.55. The zero-order valence-electron chi connectivity index (χ0n) is 15.1. The fourth-order valence-electron chi connectivity index (χ4n) is 3.05. The first kappa shape index (κ1) is 17.8. The average Bonchev–Trinajstić information content (AvgIpc) is 3.16. The number of Topliss-reactive ketones (excluding diaryl/α,β-unsaturated/α-hetero) is 1. The Bertz CT molecular complexity index is 876. The predicted molar refractivity (Wildman–Crippen MR) is 96.2 cm³/mol. The molecule has 1 atom stereocenters. The molecule has 26 heavy (non-hydrogen) atoms. The molecule has 1 amide bonds. The first-order valence-electron chi connectivity index (χ1n) is 8.36. The number of carbonyl (C=O) groups excluding carboxylic acids is 2. The third kappa shape index (κ3) is 2.87. The van der Waals surface area contributed by atoms with Gasteiger partial charge in [-0.25, -0.2) is 0 Å². The molecule has 0 bridgehead atoms. The molecule has 2 aromatic rings. The van der Waals surface area contributed by atoms with Crippen molar-refractivity contribution < 1.29 is 23.8 Å². The largest absolute Gasteiger partial charge is 0.503 e. The van der Waals surface area contributed by atoms with Crippen LogP contribution in [0.4, 0.5) is 5.69 Å². The van der Waals surface area contributed by atoms with Crippen LogP contribution >= 0.6 is 0 Å². The van der Waals surface area contributed by atoms with E-state index >= 15 is 0 Å². The molecule has 0 saturated heterocycles. The molecule has 0 radical (unpaired) electrons. The second kappa shape index (κ2) is 6.71.